The number of ether oxygens (including phenoxy) is 2. The SMILES string of the molecule is COc1ccc(NC(=O)c2cc3ccccc3c(N=Nc3c(Cl)cc(C)cc3S(=O)(=O)O)c2O)cc1.COc1ccc(NC(=O)c2cc3ccccc3c(N=Nc3c(Cl)cc(C)cc3S(=O)(=O)[O-])c2[O-])cc1.[Ba+2]. The first kappa shape index (κ1) is 55.9. The van der Waals surface area contributed by atoms with E-state index in [4.69, 9.17) is 32.7 Å². The fourth-order valence-electron chi connectivity index (χ4n) is 7.10. The summed E-state index contributed by atoms with van der Waals surface area (Å²) < 4.78 is 78.9. The molecule has 0 saturated heterocycles. The van der Waals surface area contributed by atoms with Crippen LogP contribution in [0.1, 0.15) is 31.8 Å². The van der Waals surface area contributed by atoms with Crippen LogP contribution >= 0.6 is 23.2 Å². The van der Waals surface area contributed by atoms with E-state index in [1.165, 1.54) is 44.6 Å². The number of fused-ring (bicyclic) bond motifs is 2. The summed E-state index contributed by atoms with van der Waals surface area (Å²) in [4.78, 5) is 24.8. The second kappa shape index (κ2) is 23.6. The maximum atomic E-state index is 13.3. The van der Waals surface area contributed by atoms with Gasteiger partial charge in [0.1, 0.15) is 43.6 Å². The molecule has 23 heteroatoms. The standard InChI is InChI=1S/2C25H20ClN3O6S.Ba/c2*1-14-11-20(26)23(21(12-14)36(32,33)34)29-28-22-18-6-4-3-5-15(18)13-19(24(22)30)25(31)27-16-7-9-17(35-2)10-8-16;/h2*3-13,30H,1-2H3,(H,27,31)(H,32,33,34);/q;;+2/p-2. The van der Waals surface area contributed by atoms with Crippen molar-refractivity contribution in [2.24, 2.45) is 20.5 Å². The van der Waals surface area contributed by atoms with Crippen molar-refractivity contribution in [1.29, 1.82) is 0 Å². The topological polar surface area (TPSA) is 281 Å². The van der Waals surface area contributed by atoms with Gasteiger partial charge in [-0.1, -0.05) is 77.5 Å². The number of halogens is 2. The van der Waals surface area contributed by atoms with Gasteiger partial charge in [0.15, 0.2) is 5.75 Å². The van der Waals surface area contributed by atoms with E-state index in [-0.39, 0.29) is 87.1 Å². The van der Waals surface area contributed by atoms with Crippen molar-refractivity contribution in [3.63, 3.8) is 0 Å². The molecule has 4 N–H and O–H groups in total. The molecule has 0 unspecified atom stereocenters. The average Bonchev–Trinajstić information content (AvgIpc) is 3.33. The van der Waals surface area contributed by atoms with Gasteiger partial charge in [-0.3, -0.25) is 14.1 Å². The summed E-state index contributed by atoms with van der Waals surface area (Å²) >= 11 is 12.3. The Hall–Kier alpha value is -6.41. The molecule has 0 atom stereocenters. The molecule has 0 aliphatic heterocycles. The number of hydrogen-bond donors (Lipinski definition) is 4. The Kier molecular flexibility index (Phi) is 18.1. The van der Waals surface area contributed by atoms with E-state index >= 15 is 0 Å². The van der Waals surface area contributed by atoms with E-state index in [2.05, 4.69) is 31.1 Å². The number of methoxy groups -OCH3 is 2. The van der Waals surface area contributed by atoms with Gasteiger partial charge in [0, 0.05) is 27.7 Å². The molecule has 0 fully saturated rings. The van der Waals surface area contributed by atoms with Crippen LogP contribution in [0.15, 0.2) is 164 Å². The zero-order chi connectivity index (χ0) is 52.1. The number of amides is 2. The Labute approximate surface area is 468 Å². The van der Waals surface area contributed by atoms with Crippen molar-refractivity contribution in [2.75, 3.05) is 24.9 Å². The first-order valence-electron chi connectivity index (χ1n) is 20.9. The Morgan fingerprint density at radius 1 is 0.575 bits per heavy atom. The van der Waals surface area contributed by atoms with Gasteiger partial charge < -0.3 is 34.9 Å². The molecule has 0 heterocycles. The minimum absolute atomic E-state index is 0. The molecule has 73 heavy (non-hydrogen) atoms. The summed E-state index contributed by atoms with van der Waals surface area (Å²) in [5, 5.41) is 47.2. The molecule has 8 aromatic rings. The number of nitrogens with zero attached hydrogens (tertiary/aromatic N) is 4. The molecule has 0 bridgehead atoms. The number of nitrogens with one attached hydrogen (secondary N) is 2. The molecule has 2 amide bonds. The fraction of sp³-hybridized carbons (Fsp3) is 0.0800. The first-order valence-corrected chi connectivity index (χ1v) is 24.5. The van der Waals surface area contributed by atoms with Crippen LogP contribution in [-0.4, -0.2) is 106 Å². The number of carbonyl (C=O) groups is 2. The van der Waals surface area contributed by atoms with E-state index in [1.54, 1.807) is 111 Å². The predicted molar refractivity (Wildman–Crippen MR) is 275 cm³/mol. The summed E-state index contributed by atoms with van der Waals surface area (Å²) in [6.07, 6.45) is 0. The van der Waals surface area contributed by atoms with Crippen LogP contribution in [0.4, 0.5) is 34.1 Å². The summed E-state index contributed by atoms with van der Waals surface area (Å²) in [5.74, 6) is -1.28. The third-order valence-electron chi connectivity index (χ3n) is 10.5. The number of azo groups is 2. The number of rotatable bonds is 12. The first-order chi connectivity index (χ1) is 34.2. The number of carbonyl (C=O) groups excluding carboxylic acids is 2. The van der Waals surface area contributed by atoms with E-state index in [0.717, 1.165) is 6.07 Å². The number of benzene rings is 8. The van der Waals surface area contributed by atoms with Crippen LogP contribution in [0.2, 0.25) is 10.0 Å². The van der Waals surface area contributed by atoms with Crippen molar-refractivity contribution in [3.05, 3.63) is 166 Å². The van der Waals surface area contributed by atoms with Crippen LogP contribution in [0.5, 0.6) is 23.0 Å². The number of aryl methyl sites for hydroxylation is 2. The van der Waals surface area contributed by atoms with Crippen LogP contribution < -0.4 is 25.2 Å². The van der Waals surface area contributed by atoms with Gasteiger partial charge in [0.05, 0.1) is 40.4 Å². The van der Waals surface area contributed by atoms with Crippen LogP contribution in [0.3, 0.4) is 0 Å². The minimum atomic E-state index is -4.94. The van der Waals surface area contributed by atoms with E-state index < -0.39 is 59.0 Å². The number of aromatic hydroxyl groups is 1. The Bertz CT molecular complexity index is 3490. The second-order valence-electron chi connectivity index (χ2n) is 15.5. The minimum Gasteiger partial charge on any atom is -0.870 e. The number of anilines is 2. The molecule has 8 rings (SSSR count). The molecular formula is C50H38BaCl2N6O12S2. The quantitative estimate of drug-likeness (QED) is 0.0505. The van der Waals surface area contributed by atoms with Gasteiger partial charge in [-0.05, 0) is 121 Å². The molecule has 0 aromatic heterocycles. The van der Waals surface area contributed by atoms with Crippen molar-refractivity contribution >= 4 is 160 Å². The molecule has 0 spiro atoms. The summed E-state index contributed by atoms with van der Waals surface area (Å²) in [6, 6.07) is 34.8. The third-order valence-corrected chi connectivity index (χ3v) is 12.8. The van der Waals surface area contributed by atoms with Gasteiger partial charge in [-0.25, -0.2) is 8.42 Å². The van der Waals surface area contributed by atoms with Crippen LogP contribution in [0, 0.1) is 13.8 Å². The maximum absolute atomic E-state index is 13.3. The molecule has 8 aromatic carbocycles. The van der Waals surface area contributed by atoms with Crippen molar-refractivity contribution in [1.82, 2.24) is 0 Å². The molecular weight excluding hydrogens is 1150 g/mol. The largest absolute Gasteiger partial charge is 2.00 e. The zero-order valence-electron chi connectivity index (χ0n) is 38.7. The summed E-state index contributed by atoms with van der Waals surface area (Å²) in [6.45, 7) is 3.17. The van der Waals surface area contributed by atoms with Gasteiger partial charge >= 0.3 is 48.9 Å². The van der Waals surface area contributed by atoms with Crippen molar-refractivity contribution in [3.8, 4) is 23.0 Å². The third kappa shape index (κ3) is 13.2. The normalized spacial score (nSPS) is 11.5. The summed E-state index contributed by atoms with van der Waals surface area (Å²) in [7, 11) is -6.56. The molecule has 0 aliphatic rings. The number of phenols is 1. The summed E-state index contributed by atoms with van der Waals surface area (Å²) in [5.41, 5.74) is 0.556. The van der Waals surface area contributed by atoms with Gasteiger partial charge in [-0.15, -0.1) is 15.3 Å². The van der Waals surface area contributed by atoms with E-state index in [1.807, 2.05) is 0 Å². The average molecular weight is 1190 g/mol. The maximum Gasteiger partial charge on any atom is 2.00 e. The fourth-order valence-corrected chi connectivity index (χ4v) is 9.28. The molecule has 0 saturated carbocycles. The second-order valence-corrected chi connectivity index (χ2v) is 19.1. The van der Waals surface area contributed by atoms with Crippen molar-refractivity contribution < 1.29 is 55.2 Å². The Balaban J connectivity index is 0.000000235. The predicted octanol–water partition coefficient (Wildman–Crippen LogP) is 11.5. The molecule has 0 aliphatic carbocycles. The Morgan fingerprint density at radius 3 is 1.44 bits per heavy atom. The monoisotopic (exact) mass is 1190 g/mol. The van der Waals surface area contributed by atoms with E-state index in [0.29, 0.717) is 55.5 Å². The van der Waals surface area contributed by atoms with Gasteiger partial charge in [-0.2, -0.15) is 13.5 Å². The van der Waals surface area contributed by atoms with Gasteiger partial charge in [0.25, 0.3) is 21.9 Å². The zero-order valence-corrected chi connectivity index (χ0v) is 46.3. The van der Waals surface area contributed by atoms with Gasteiger partial charge in [0.2, 0.25) is 0 Å². The van der Waals surface area contributed by atoms with Crippen LogP contribution in [-0.2, 0) is 20.2 Å². The molecule has 368 valence electrons. The van der Waals surface area contributed by atoms with Crippen molar-refractivity contribution in [2.45, 2.75) is 23.6 Å². The molecule has 0 radical (unpaired) electrons. The molecule has 18 nitrogen and oxygen atoms in total. The Morgan fingerprint density at radius 2 is 0.973 bits per heavy atom. The number of hydrogen-bond acceptors (Lipinski definition) is 15. The number of phenolic OH excluding ortho intramolecular Hbond substituents is 1. The smallest absolute Gasteiger partial charge is 0.870 e. The van der Waals surface area contributed by atoms with E-state index in [9.17, 15) is 45.7 Å². The van der Waals surface area contributed by atoms with Crippen LogP contribution in [0.25, 0.3) is 21.5 Å².